The van der Waals surface area contributed by atoms with Crippen LogP contribution in [0, 0.1) is 5.82 Å². The largest absolute Gasteiger partial charge is 0.507 e. The van der Waals surface area contributed by atoms with Gasteiger partial charge in [0.05, 0.1) is 11.6 Å². The quantitative estimate of drug-likeness (QED) is 0.0587. The molecule has 2 aliphatic heterocycles. The number of hydrogen-bond acceptors (Lipinski definition) is 10. The van der Waals surface area contributed by atoms with Crippen molar-refractivity contribution in [1.29, 1.82) is 0 Å². The minimum Gasteiger partial charge on any atom is -0.507 e. The molecule has 0 radical (unpaired) electrons. The monoisotopic (exact) mass is 667 g/mol. The summed E-state index contributed by atoms with van der Waals surface area (Å²) in [7, 11) is 0. The molecule has 2 aliphatic rings. The van der Waals surface area contributed by atoms with E-state index in [1.165, 1.54) is 22.7 Å². The Kier molecular flexibility index (Phi) is 8.60. The number of benzene rings is 4. The number of ketones is 1. The summed E-state index contributed by atoms with van der Waals surface area (Å²) in [6.45, 7) is 1.04. The van der Waals surface area contributed by atoms with E-state index in [0.29, 0.717) is 58.3 Å². The Morgan fingerprint density at radius 3 is 2.55 bits per heavy atom. The molecular weight excluding hydrogens is 642 g/mol. The molecule has 0 saturated carbocycles. The van der Waals surface area contributed by atoms with Gasteiger partial charge in [-0.15, -0.1) is 10.2 Å². The number of halogens is 1. The number of ether oxygens (including phenoxy) is 3. The Labute approximate surface area is 277 Å². The topological polar surface area (TPSA) is 111 Å². The molecule has 1 atom stereocenters. The third-order valence-corrected chi connectivity index (χ3v) is 9.70. The van der Waals surface area contributed by atoms with Gasteiger partial charge in [0.2, 0.25) is 5.13 Å². The van der Waals surface area contributed by atoms with Gasteiger partial charge in [-0.2, -0.15) is 0 Å². The number of amides is 1. The van der Waals surface area contributed by atoms with Crippen LogP contribution >= 0.6 is 23.1 Å². The van der Waals surface area contributed by atoms with Crippen LogP contribution in [0.2, 0.25) is 0 Å². The Morgan fingerprint density at radius 2 is 1.72 bits per heavy atom. The first-order valence-electron chi connectivity index (χ1n) is 14.6. The second kappa shape index (κ2) is 13.3. The molecular formula is C35H26FN3O6S2. The molecule has 3 heterocycles. The zero-order chi connectivity index (χ0) is 32.3. The average Bonchev–Trinajstić information content (AvgIpc) is 3.68. The van der Waals surface area contributed by atoms with Crippen molar-refractivity contribution < 1.29 is 33.3 Å². The lowest BCUT2D eigenvalue weighted by Gasteiger charge is -2.23. The van der Waals surface area contributed by atoms with Crippen molar-refractivity contribution in [3.63, 3.8) is 0 Å². The summed E-state index contributed by atoms with van der Waals surface area (Å²) in [5.41, 5.74) is 2.15. The van der Waals surface area contributed by atoms with E-state index in [4.69, 9.17) is 14.2 Å². The zero-order valence-corrected chi connectivity index (χ0v) is 26.3. The van der Waals surface area contributed by atoms with Crippen molar-refractivity contribution in [2.24, 2.45) is 0 Å². The van der Waals surface area contributed by atoms with E-state index >= 15 is 0 Å². The third kappa shape index (κ3) is 6.29. The number of carbonyl (C=O) groups excluding carboxylic acids is 2. The molecule has 4 aromatic carbocycles. The molecule has 1 N–H and O–H groups in total. The second-order valence-electron chi connectivity index (χ2n) is 10.6. The van der Waals surface area contributed by atoms with E-state index in [2.05, 4.69) is 10.2 Å². The van der Waals surface area contributed by atoms with Gasteiger partial charge in [-0.1, -0.05) is 83.8 Å². The first-order chi connectivity index (χ1) is 23.0. The van der Waals surface area contributed by atoms with Crippen LogP contribution in [0.5, 0.6) is 17.2 Å². The fourth-order valence-electron chi connectivity index (χ4n) is 5.32. The summed E-state index contributed by atoms with van der Waals surface area (Å²) >= 11 is 2.36. The Hall–Kier alpha value is -5.20. The SMILES string of the molecule is O=C1C(=O)N(c2nnc(SCc3ccccc3F)s2)[C@@H](c2cccc(OCc3ccccc3)c2)/C1=C(\O)c1ccc2c(c1)OCCO2. The van der Waals surface area contributed by atoms with Crippen molar-refractivity contribution >= 4 is 45.7 Å². The summed E-state index contributed by atoms with van der Waals surface area (Å²) in [5, 5.41) is 20.3. The van der Waals surface area contributed by atoms with Gasteiger partial charge in [-0.05, 0) is 53.1 Å². The van der Waals surface area contributed by atoms with Gasteiger partial charge >= 0.3 is 5.91 Å². The van der Waals surface area contributed by atoms with Gasteiger partial charge in [-0.3, -0.25) is 14.5 Å². The van der Waals surface area contributed by atoms with Crippen LogP contribution < -0.4 is 19.1 Å². The number of nitrogens with zero attached hydrogens (tertiary/aromatic N) is 3. The molecule has 0 bridgehead atoms. The normalized spacial score (nSPS) is 16.8. The van der Waals surface area contributed by atoms with Crippen LogP contribution in [0.25, 0.3) is 5.76 Å². The van der Waals surface area contributed by atoms with E-state index in [-0.39, 0.29) is 27.8 Å². The van der Waals surface area contributed by atoms with E-state index in [9.17, 15) is 19.1 Å². The fourth-order valence-corrected chi connectivity index (χ4v) is 7.17. The van der Waals surface area contributed by atoms with Crippen LogP contribution in [0.4, 0.5) is 9.52 Å². The predicted octanol–water partition coefficient (Wildman–Crippen LogP) is 6.95. The van der Waals surface area contributed by atoms with E-state index in [0.717, 1.165) is 16.9 Å². The molecule has 0 unspecified atom stereocenters. The zero-order valence-electron chi connectivity index (χ0n) is 24.7. The first-order valence-corrected chi connectivity index (χ1v) is 16.4. The van der Waals surface area contributed by atoms with Gasteiger partial charge in [-0.25, -0.2) is 4.39 Å². The fraction of sp³-hybridized carbons (Fsp3) is 0.143. The number of fused-ring (bicyclic) bond motifs is 1. The standard InChI is InChI=1S/C35H26FN3O6S2/c36-26-12-5-4-9-24(26)20-46-35-38-37-34(47-35)39-30(22-10-6-11-25(17-22)45-19-21-7-2-1-3-8-21)29(32(41)33(39)42)31(40)23-13-14-27-28(18-23)44-16-15-43-27/h1-14,17-18,30,40H,15-16,19-20H2/b31-29+/t30-/m0/s1. The molecule has 1 aromatic heterocycles. The molecule has 1 fully saturated rings. The average molecular weight is 668 g/mol. The number of aromatic nitrogens is 2. The highest BCUT2D eigenvalue weighted by molar-refractivity contribution is 8.00. The van der Waals surface area contributed by atoms with Crippen molar-refractivity contribution in [1.82, 2.24) is 10.2 Å². The van der Waals surface area contributed by atoms with Crippen LogP contribution in [0.3, 0.4) is 0 Å². The minimum absolute atomic E-state index is 0.123. The van der Waals surface area contributed by atoms with Crippen molar-refractivity contribution in [2.45, 2.75) is 22.7 Å². The predicted molar refractivity (Wildman–Crippen MR) is 175 cm³/mol. The highest BCUT2D eigenvalue weighted by Gasteiger charge is 2.48. The highest BCUT2D eigenvalue weighted by atomic mass is 32.2. The number of Topliss-reactive ketones (excluding diaryl/α,β-unsaturated/α-hetero) is 1. The summed E-state index contributed by atoms with van der Waals surface area (Å²) in [6, 6.07) is 26.9. The maximum atomic E-state index is 14.2. The lowest BCUT2D eigenvalue weighted by molar-refractivity contribution is -0.132. The molecule has 5 aromatic rings. The number of anilines is 1. The van der Waals surface area contributed by atoms with Crippen molar-refractivity contribution in [2.75, 3.05) is 18.1 Å². The summed E-state index contributed by atoms with van der Waals surface area (Å²) in [6.07, 6.45) is 0. The molecule has 236 valence electrons. The molecule has 12 heteroatoms. The molecule has 47 heavy (non-hydrogen) atoms. The molecule has 7 rings (SSSR count). The van der Waals surface area contributed by atoms with Crippen LogP contribution in [0.1, 0.15) is 28.3 Å². The van der Waals surface area contributed by atoms with Gasteiger partial charge in [0.15, 0.2) is 15.8 Å². The molecule has 0 aliphatic carbocycles. The molecule has 0 spiro atoms. The smallest absolute Gasteiger partial charge is 0.301 e. The Bertz CT molecular complexity index is 2000. The van der Waals surface area contributed by atoms with Gasteiger partial charge < -0.3 is 19.3 Å². The molecule has 9 nitrogen and oxygen atoms in total. The number of thioether (sulfide) groups is 1. The third-order valence-electron chi connectivity index (χ3n) is 7.59. The van der Waals surface area contributed by atoms with Crippen LogP contribution in [0.15, 0.2) is 107 Å². The van der Waals surface area contributed by atoms with Gasteiger partial charge in [0.25, 0.3) is 5.78 Å². The highest BCUT2D eigenvalue weighted by Crippen LogP contribution is 2.45. The number of aliphatic hydroxyl groups is 1. The van der Waals surface area contributed by atoms with Crippen molar-refractivity contribution in [3.8, 4) is 17.2 Å². The molecule has 1 saturated heterocycles. The van der Waals surface area contributed by atoms with Gasteiger partial charge in [0.1, 0.15) is 37.1 Å². The van der Waals surface area contributed by atoms with E-state index in [1.54, 1.807) is 60.7 Å². The first kappa shape index (κ1) is 30.5. The Balaban J connectivity index is 1.26. The summed E-state index contributed by atoms with van der Waals surface area (Å²) in [5.74, 6) is -0.708. The maximum absolute atomic E-state index is 14.2. The lowest BCUT2D eigenvalue weighted by atomic mass is 9.95. The van der Waals surface area contributed by atoms with Crippen LogP contribution in [-0.4, -0.2) is 40.2 Å². The van der Waals surface area contributed by atoms with E-state index < -0.39 is 17.7 Å². The number of hydrogen-bond donors (Lipinski definition) is 1. The minimum atomic E-state index is -1.05. The van der Waals surface area contributed by atoms with Gasteiger partial charge in [0, 0.05) is 11.3 Å². The lowest BCUT2D eigenvalue weighted by Crippen LogP contribution is -2.29. The number of carbonyl (C=O) groups is 2. The summed E-state index contributed by atoms with van der Waals surface area (Å²) < 4.78 is 32.1. The summed E-state index contributed by atoms with van der Waals surface area (Å²) in [4.78, 5) is 28.7. The van der Waals surface area contributed by atoms with Crippen LogP contribution in [-0.2, 0) is 21.9 Å². The maximum Gasteiger partial charge on any atom is 0.301 e. The van der Waals surface area contributed by atoms with E-state index in [1.807, 2.05) is 30.3 Å². The second-order valence-corrected chi connectivity index (χ2v) is 12.8. The Morgan fingerprint density at radius 1 is 0.936 bits per heavy atom. The molecule has 1 amide bonds. The number of aliphatic hydroxyl groups excluding tert-OH is 1. The number of rotatable bonds is 9. The van der Waals surface area contributed by atoms with Crippen molar-refractivity contribution in [3.05, 3.63) is 131 Å².